The predicted octanol–water partition coefficient (Wildman–Crippen LogP) is 0.668. The molecule has 1 atom stereocenters. The van der Waals surface area contributed by atoms with Gasteiger partial charge in [-0.1, -0.05) is 6.92 Å². The highest BCUT2D eigenvalue weighted by atomic mass is 16.5. The fraction of sp³-hybridized carbons (Fsp3) is 0.846. The van der Waals surface area contributed by atoms with Crippen molar-refractivity contribution in [1.82, 2.24) is 4.90 Å². The summed E-state index contributed by atoms with van der Waals surface area (Å²) in [6.45, 7) is 2.64. The van der Waals surface area contributed by atoms with Crippen molar-refractivity contribution >= 4 is 11.8 Å². The van der Waals surface area contributed by atoms with Crippen LogP contribution in [0.25, 0.3) is 0 Å². The maximum Gasteiger partial charge on any atom is 0.232 e. The Morgan fingerprint density at radius 3 is 2.50 bits per heavy atom. The van der Waals surface area contributed by atoms with Gasteiger partial charge in [-0.05, 0) is 25.7 Å². The first-order valence-corrected chi connectivity index (χ1v) is 6.79. The number of likely N-dealkylation sites (tertiary alicyclic amines) is 1. The molecule has 0 radical (unpaired) electrons. The highest BCUT2D eigenvalue weighted by Crippen LogP contribution is 2.21. The van der Waals surface area contributed by atoms with E-state index in [1.54, 1.807) is 6.92 Å². The predicted molar refractivity (Wildman–Crippen MR) is 66.7 cm³/mol. The summed E-state index contributed by atoms with van der Waals surface area (Å²) in [5.74, 6) is -0.291. The van der Waals surface area contributed by atoms with E-state index in [4.69, 9.17) is 10.5 Å². The van der Waals surface area contributed by atoms with E-state index in [2.05, 4.69) is 0 Å². The van der Waals surface area contributed by atoms with Crippen molar-refractivity contribution in [2.24, 2.45) is 11.7 Å². The molecule has 0 aromatic rings. The first-order valence-electron chi connectivity index (χ1n) is 6.79. The first-order chi connectivity index (χ1) is 8.58. The summed E-state index contributed by atoms with van der Waals surface area (Å²) in [5, 5.41) is 0. The molecule has 0 aromatic carbocycles. The Kier molecular flexibility index (Phi) is 4.35. The van der Waals surface area contributed by atoms with Crippen molar-refractivity contribution in [3.63, 3.8) is 0 Å². The molecule has 5 nitrogen and oxygen atoms in total. The number of carbonyl (C=O) groups is 2. The Labute approximate surface area is 108 Å². The van der Waals surface area contributed by atoms with Crippen LogP contribution in [0.15, 0.2) is 0 Å². The van der Waals surface area contributed by atoms with E-state index in [9.17, 15) is 9.59 Å². The topological polar surface area (TPSA) is 72.6 Å². The Hall–Kier alpha value is -0.940. The molecule has 1 heterocycles. The zero-order chi connectivity index (χ0) is 13.1. The minimum Gasteiger partial charge on any atom is -0.376 e. The summed E-state index contributed by atoms with van der Waals surface area (Å²) in [7, 11) is 0. The summed E-state index contributed by atoms with van der Waals surface area (Å²) < 4.78 is 5.72. The third-order valence-electron chi connectivity index (χ3n) is 3.86. The molecule has 5 heteroatoms. The van der Waals surface area contributed by atoms with Crippen LogP contribution in [0.1, 0.15) is 39.0 Å². The minimum atomic E-state index is -0.162. The Bertz CT molecular complexity index is 324. The lowest BCUT2D eigenvalue weighted by atomic mass is 9.94. The quantitative estimate of drug-likeness (QED) is 0.748. The number of nitrogens with two attached hydrogens (primary N) is 1. The van der Waals surface area contributed by atoms with E-state index in [0.717, 1.165) is 25.7 Å². The van der Waals surface area contributed by atoms with Gasteiger partial charge < -0.3 is 10.5 Å². The van der Waals surface area contributed by atoms with Crippen LogP contribution in [0, 0.1) is 5.92 Å². The van der Waals surface area contributed by atoms with Crippen molar-refractivity contribution < 1.29 is 14.3 Å². The number of hydrogen-bond donors (Lipinski definition) is 1. The fourth-order valence-corrected chi connectivity index (χ4v) is 2.65. The maximum absolute atomic E-state index is 11.7. The van der Waals surface area contributed by atoms with E-state index < -0.39 is 0 Å². The van der Waals surface area contributed by atoms with Crippen LogP contribution in [0.2, 0.25) is 0 Å². The summed E-state index contributed by atoms with van der Waals surface area (Å²) in [6, 6.07) is 0.312. The van der Waals surface area contributed by atoms with Crippen LogP contribution in [-0.2, 0) is 14.3 Å². The van der Waals surface area contributed by atoms with Gasteiger partial charge in [0.1, 0.15) is 0 Å². The van der Waals surface area contributed by atoms with Crippen LogP contribution < -0.4 is 5.73 Å². The van der Waals surface area contributed by atoms with Gasteiger partial charge in [-0.25, -0.2) is 0 Å². The van der Waals surface area contributed by atoms with Gasteiger partial charge in [-0.2, -0.15) is 0 Å². The molecule has 1 aliphatic carbocycles. The molecule has 1 saturated carbocycles. The number of ether oxygens (including phenoxy) is 1. The first kappa shape index (κ1) is 13.5. The van der Waals surface area contributed by atoms with Gasteiger partial charge in [0.05, 0.1) is 19.3 Å². The number of imide groups is 1. The molecule has 0 spiro atoms. The van der Waals surface area contributed by atoms with Crippen LogP contribution in [-0.4, -0.2) is 42.0 Å². The smallest absolute Gasteiger partial charge is 0.232 e. The minimum absolute atomic E-state index is 0.0609. The average Bonchev–Trinajstić information content (AvgIpc) is 2.58. The second-order valence-corrected chi connectivity index (χ2v) is 5.40. The molecule has 18 heavy (non-hydrogen) atoms. The molecule has 2 fully saturated rings. The summed E-state index contributed by atoms with van der Waals surface area (Å²) in [5.41, 5.74) is 5.82. The molecule has 2 rings (SSSR count). The molecule has 0 bridgehead atoms. The highest BCUT2D eigenvalue weighted by molar-refractivity contribution is 6.03. The Morgan fingerprint density at radius 2 is 1.94 bits per heavy atom. The molecule has 102 valence electrons. The Balaban J connectivity index is 1.69. The SMILES string of the molecule is CC1CC(=O)N(CCOC2CCC(N)CC2)C1=O. The number of amides is 2. The second-order valence-electron chi connectivity index (χ2n) is 5.40. The van der Waals surface area contributed by atoms with Gasteiger partial charge in [0, 0.05) is 18.4 Å². The van der Waals surface area contributed by atoms with E-state index in [1.807, 2.05) is 0 Å². The van der Waals surface area contributed by atoms with E-state index >= 15 is 0 Å². The number of carbonyl (C=O) groups excluding carboxylic acids is 2. The zero-order valence-electron chi connectivity index (χ0n) is 10.9. The molecule has 2 amide bonds. The third kappa shape index (κ3) is 3.09. The van der Waals surface area contributed by atoms with E-state index in [-0.39, 0.29) is 23.8 Å². The summed E-state index contributed by atoms with van der Waals surface area (Å²) in [6.07, 6.45) is 4.57. The van der Waals surface area contributed by atoms with Crippen LogP contribution in [0.3, 0.4) is 0 Å². The summed E-state index contributed by atoms with van der Waals surface area (Å²) >= 11 is 0. The van der Waals surface area contributed by atoms with Gasteiger partial charge in [0.15, 0.2) is 0 Å². The molecule has 1 saturated heterocycles. The van der Waals surface area contributed by atoms with Crippen molar-refractivity contribution in [3.05, 3.63) is 0 Å². The van der Waals surface area contributed by atoms with Crippen molar-refractivity contribution in [1.29, 1.82) is 0 Å². The summed E-state index contributed by atoms with van der Waals surface area (Å²) in [4.78, 5) is 24.6. The average molecular weight is 254 g/mol. The lowest BCUT2D eigenvalue weighted by molar-refractivity contribution is -0.140. The molecule has 0 aromatic heterocycles. The van der Waals surface area contributed by atoms with Crippen molar-refractivity contribution in [2.45, 2.75) is 51.2 Å². The lowest BCUT2D eigenvalue weighted by Gasteiger charge is -2.26. The molecule has 2 N–H and O–H groups in total. The monoisotopic (exact) mass is 254 g/mol. The maximum atomic E-state index is 11.7. The van der Waals surface area contributed by atoms with E-state index in [1.165, 1.54) is 4.90 Å². The van der Waals surface area contributed by atoms with Crippen molar-refractivity contribution in [2.75, 3.05) is 13.2 Å². The molecule has 1 unspecified atom stereocenters. The number of nitrogens with zero attached hydrogens (tertiary/aromatic N) is 1. The van der Waals surface area contributed by atoms with Gasteiger partial charge in [-0.3, -0.25) is 14.5 Å². The highest BCUT2D eigenvalue weighted by Gasteiger charge is 2.35. The Morgan fingerprint density at radius 1 is 1.28 bits per heavy atom. The van der Waals surface area contributed by atoms with Gasteiger partial charge in [0.25, 0.3) is 0 Å². The number of hydrogen-bond acceptors (Lipinski definition) is 4. The standard InChI is InChI=1S/C13H22N2O3/c1-9-8-12(16)15(13(9)17)6-7-18-11-4-2-10(14)3-5-11/h9-11H,2-8,14H2,1H3. The zero-order valence-corrected chi connectivity index (χ0v) is 10.9. The second kappa shape index (κ2) is 5.80. The normalized spacial score (nSPS) is 33.2. The lowest BCUT2D eigenvalue weighted by Crippen LogP contribution is -2.35. The molecular weight excluding hydrogens is 232 g/mol. The van der Waals surface area contributed by atoms with Gasteiger partial charge >= 0.3 is 0 Å². The van der Waals surface area contributed by atoms with Crippen LogP contribution in [0.5, 0.6) is 0 Å². The van der Waals surface area contributed by atoms with Gasteiger partial charge in [0.2, 0.25) is 11.8 Å². The fourth-order valence-electron chi connectivity index (χ4n) is 2.65. The third-order valence-corrected chi connectivity index (χ3v) is 3.86. The van der Waals surface area contributed by atoms with Crippen LogP contribution >= 0.6 is 0 Å². The van der Waals surface area contributed by atoms with E-state index in [0.29, 0.717) is 25.6 Å². The van der Waals surface area contributed by atoms with Crippen molar-refractivity contribution in [3.8, 4) is 0 Å². The largest absolute Gasteiger partial charge is 0.376 e. The van der Waals surface area contributed by atoms with Crippen LogP contribution in [0.4, 0.5) is 0 Å². The van der Waals surface area contributed by atoms with Gasteiger partial charge in [-0.15, -0.1) is 0 Å². The molecule has 2 aliphatic rings. The molecule has 1 aliphatic heterocycles. The number of rotatable bonds is 4. The molecular formula is C13H22N2O3.